The van der Waals surface area contributed by atoms with Crippen LogP contribution in [-0.4, -0.2) is 0 Å². The van der Waals surface area contributed by atoms with E-state index in [-0.39, 0.29) is 5.41 Å². The molecule has 0 amide bonds. The highest BCUT2D eigenvalue weighted by molar-refractivity contribution is 6.26. The Kier molecular flexibility index (Phi) is 6.78. The molecule has 11 aromatic carbocycles. The van der Waals surface area contributed by atoms with Crippen molar-refractivity contribution >= 4 is 64.6 Å². The van der Waals surface area contributed by atoms with E-state index in [4.69, 9.17) is 0 Å². The van der Waals surface area contributed by atoms with E-state index in [1.165, 1.54) is 120 Å². The Hall–Kier alpha value is -7.02. The van der Waals surface area contributed by atoms with Crippen LogP contribution in [0.15, 0.2) is 194 Å². The van der Waals surface area contributed by atoms with Gasteiger partial charge in [0.05, 0.1) is 0 Å². The van der Waals surface area contributed by atoms with Gasteiger partial charge in [-0.2, -0.15) is 0 Å². The number of rotatable bonds is 3. The summed E-state index contributed by atoms with van der Waals surface area (Å²) in [6, 6.07) is 72.5. The van der Waals surface area contributed by atoms with Gasteiger partial charge < -0.3 is 0 Å². The average Bonchev–Trinajstić information content (AvgIpc) is 3.52. The summed E-state index contributed by atoms with van der Waals surface area (Å²) in [4.78, 5) is 0. The zero-order chi connectivity index (χ0) is 37.8. The fraction of sp³-hybridized carbons (Fsp3) is 0.0526. The number of benzene rings is 11. The second-order valence-corrected chi connectivity index (χ2v) is 16.3. The van der Waals surface area contributed by atoms with Crippen LogP contribution in [0.3, 0.4) is 0 Å². The predicted molar refractivity (Wildman–Crippen MR) is 245 cm³/mol. The highest BCUT2D eigenvalue weighted by Crippen LogP contribution is 2.57. The number of hydrogen-bond donors (Lipinski definition) is 0. The molecule has 0 aromatic heterocycles. The van der Waals surface area contributed by atoms with Crippen molar-refractivity contribution in [3.8, 4) is 44.5 Å². The molecule has 0 fully saturated rings. The van der Waals surface area contributed by atoms with Crippen LogP contribution in [0.25, 0.3) is 109 Å². The van der Waals surface area contributed by atoms with Crippen molar-refractivity contribution in [3.63, 3.8) is 0 Å². The summed E-state index contributed by atoms with van der Waals surface area (Å²) in [5.74, 6) is 0. The lowest BCUT2D eigenvalue weighted by atomic mass is 9.77. The summed E-state index contributed by atoms with van der Waals surface area (Å²) in [6.07, 6.45) is 0. The van der Waals surface area contributed by atoms with Crippen LogP contribution >= 0.6 is 0 Å². The van der Waals surface area contributed by atoms with E-state index in [1.54, 1.807) is 0 Å². The smallest absolute Gasteiger partial charge is 0.0171 e. The van der Waals surface area contributed by atoms with Crippen molar-refractivity contribution in [1.82, 2.24) is 0 Å². The zero-order valence-electron chi connectivity index (χ0n) is 32.0. The highest BCUT2D eigenvalue weighted by Gasteiger charge is 2.39. The Labute approximate surface area is 332 Å². The second-order valence-electron chi connectivity index (χ2n) is 16.3. The lowest BCUT2D eigenvalue weighted by molar-refractivity contribution is 0.672. The van der Waals surface area contributed by atoms with Gasteiger partial charge in [0.15, 0.2) is 0 Å². The molecular weight excluding hydrogens is 685 g/mol. The van der Waals surface area contributed by atoms with E-state index < -0.39 is 0 Å². The van der Waals surface area contributed by atoms with Gasteiger partial charge >= 0.3 is 0 Å². The van der Waals surface area contributed by atoms with Gasteiger partial charge in [0.25, 0.3) is 0 Å². The van der Waals surface area contributed by atoms with Crippen LogP contribution in [0.2, 0.25) is 0 Å². The predicted octanol–water partition coefficient (Wildman–Crippen LogP) is 15.9. The van der Waals surface area contributed by atoms with Crippen molar-refractivity contribution in [1.29, 1.82) is 0 Å². The van der Waals surface area contributed by atoms with Crippen LogP contribution in [0, 0.1) is 0 Å². The van der Waals surface area contributed by atoms with Gasteiger partial charge in [0.2, 0.25) is 0 Å². The monoisotopic (exact) mass is 722 g/mol. The first kappa shape index (κ1) is 32.2. The molecule has 11 aromatic rings. The summed E-state index contributed by atoms with van der Waals surface area (Å²) < 4.78 is 0. The fourth-order valence-electron chi connectivity index (χ4n) is 10.7. The van der Waals surface area contributed by atoms with Gasteiger partial charge in [-0.05, 0) is 126 Å². The lowest BCUT2D eigenvalue weighted by Crippen LogP contribution is -2.16. The van der Waals surface area contributed by atoms with Crippen molar-refractivity contribution in [2.24, 2.45) is 0 Å². The maximum absolute atomic E-state index is 2.49. The van der Waals surface area contributed by atoms with Crippen LogP contribution in [0.5, 0.6) is 0 Å². The minimum absolute atomic E-state index is 0.171. The van der Waals surface area contributed by atoms with Crippen molar-refractivity contribution < 1.29 is 0 Å². The molecule has 1 aliphatic rings. The van der Waals surface area contributed by atoms with Gasteiger partial charge in [-0.3, -0.25) is 0 Å². The van der Waals surface area contributed by atoms with Gasteiger partial charge in [-0.1, -0.05) is 202 Å². The molecule has 0 N–H and O–H groups in total. The van der Waals surface area contributed by atoms with Crippen molar-refractivity contribution in [3.05, 3.63) is 205 Å². The third-order valence-electron chi connectivity index (χ3n) is 13.0. The van der Waals surface area contributed by atoms with E-state index in [2.05, 4.69) is 208 Å². The molecule has 0 radical (unpaired) electrons. The van der Waals surface area contributed by atoms with Crippen LogP contribution in [-0.2, 0) is 5.41 Å². The van der Waals surface area contributed by atoms with Crippen LogP contribution in [0.1, 0.15) is 25.0 Å². The van der Waals surface area contributed by atoms with Crippen LogP contribution < -0.4 is 0 Å². The topological polar surface area (TPSA) is 0 Å². The van der Waals surface area contributed by atoms with E-state index in [1.807, 2.05) is 0 Å². The van der Waals surface area contributed by atoms with E-state index >= 15 is 0 Å². The summed E-state index contributed by atoms with van der Waals surface area (Å²) in [7, 11) is 0. The summed E-state index contributed by atoms with van der Waals surface area (Å²) >= 11 is 0. The van der Waals surface area contributed by atoms with E-state index in [9.17, 15) is 0 Å². The average molecular weight is 723 g/mol. The fourth-order valence-corrected chi connectivity index (χ4v) is 10.7. The van der Waals surface area contributed by atoms with Gasteiger partial charge in [-0.25, -0.2) is 0 Å². The first-order valence-corrected chi connectivity index (χ1v) is 20.1. The standard InChI is InChI=1S/C57H38/c1-57(2)55-39-19-7-6-18-36(39)28-31-50(55)54-43-23-11-10-22-42(43)51-34-37(29-30-49(51)56(54)57)52-44-24-12-14-26-46(44)53(47-27-15-13-25-45(47)52)48-33-32-38(35-16-4-3-5-17-35)40-20-8-9-21-41(40)48/h3-34H,1-2H3. The maximum atomic E-state index is 2.49. The number of hydrogen-bond acceptors (Lipinski definition) is 0. The Morgan fingerprint density at radius 2 is 0.754 bits per heavy atom. The molecule has 266 valence electrons. The third-order valence-corrected chi connectivity index (χ3v) is 13.0. The minimum atomic E-state index is -0.171. The van der Waals surface area contributed by atoms with Crippen molar-refractivity contribution in [2.45, 2.75) is 19.3 Å². The minimum Gasteiger partial charge on any atom is -0.0622 e. The lowest BCUT2D eigenvalue weighted by Gasteiger charge is -2.25. The van der Waals surface area contributed by atoms with Crippen molar-refractivity contribution in [2.75, 3.05) is 0 Å². The SMILES string of the molecule is CC1(C)c2c(ccc3ccccc23)-c2c1c1ccc(-c3c4ccccc4c(-c4ccc(-c5ccccc5)c5ccccc45)c4ccccc34)cc1c1ccccc21. The van der Waals surface area contributed by atoms with Crippen LogP contribution in [0.4, 0.5) is 0 Å². The second kappa shape index (κ2) is 12.0. The third kappa shape index (κ3) is 4.50. The zero-order valence-corrected chi connectivity index (χ0v) is 32.0. The van der Waals surface area contributed by atoms with E-state index in [0.29, 0.717) is 0 Å². The normalized spacial score (nSPS) is 13.2. The Balaban J connectivity index is 1.14. The first-order chi connectivity index (χ1) is 28.1. The summed E-state index contributed by atoms with van der Waals surface area (Å²) in [6.45, 7) is 4.87. The molecule has 0 bridgehead atoms. The molecule has 0 atom stereocenters. The molecule has 0 heteroatoms. The Morgan fingerprint density at radius 3 is 1.42 bits per heavy atom. The molecule has 0 unspecified atom stereocenters. The Morgan fingerprint density at radius 1 is 0.263 bits per heavy atom. The van der Waals surface area contributed by atoms with Gasteiger partial charge in [0, 0.05) is 5.41 Å². The molecule has 0 saturated heterocycles. The molecular formula is C57H38. The first-order valence-electron chi connectivity index (χ1n) is 20.1. The van der Waals surface area contributed by atoms with E-state index in [0.717, 1.165) is 0 Å². The molecule has 0 aliphatic heterocycles. The molecule has 12 rings (SSSR count). The molecule has 0 nitrogen and oxygen atoms in total. The van der Waals surface area contributed by atoms with Gasteiger partial charge in [-0.15, -0.1) is 0 Å². The molecule has 0 spiro atoms. The quantitative estimate of drug-likeness (QED) is 0.126. The summed E-state index contributed by atoms with van der Waals surface area (Å²) in [5.41, 5.74) is 13.0. The van der Waals surface area contributed by atoms with Gasteiger partial charge in [0.1, 0.15) is 0 Å². The molecule has 1 aliphatic carbocycles. The highest BCUT2D eigenvalue weighted by atomic mass is 14.4. The molecule has 0 saturated carbocycles. The molecule has 57 heavy (non-hydrogen) atoms. The summed E-state index contributed by atoms with van der Waals surface area (Å²) in [5, 5.41) is 15.6. The Bertz CT molecular complexity index is 3420. The maximum Gasteiger partial charge on any atom is 0.0171 e. The molecule has 0 heterocycles. The number of fused-ring (bicyclic) bond motifs is 13. The largest absolute Gasteiger partial charge is 0.0622 e.